The van der Waals surface area contributed by atoms with Crippen LogP contribution >= 0.6 is 31.9 Å². The van der Waals surface area contributed by atoms with Crippen molar-refractivity contribution < 1.29 is 0 Å². The summed E-state index contributed by atoms with van der Waals surface area (Å²) >= 11 is 7.15. The highest BCUT2D eigenvalue weighted by Gasteiger charge is 2.17. The van der Waals surface area contributed by atoms with E-state index in [9.17, 15) is 0 Å². The molecule has 1 atom stereocenters. The summed E-state index contributed by atoms with van der Waals surface area (Å²) in [5.41, 5.74) is 6.59. The largest absolute Gasteiger partial charge is 0.309 e. The van der Waals surface area contributed by atoms with E-state index >= 15 is 0 Å². The molecule has 2 rings (SSSR count). The lowest BCUT2D eigenvalue weighted by Crippen LogP contribution is -2.20. The molecule has 0 aliphatic carbocycles. The predicted octanol–water partition coefficient (Wildman–Crippen LogP) is 5.45. The summed E-state index contributed by atoms with van der Waals surface area (Å²) in [4.78, 5) is 0. The van der Waals surface area contributed by atoms with Gasteiger partial charge in [0, 0.05) is 8.95 Å². The molecule has 0 aliphatic heterocycles. The van der Waals surface area contributed by atoms with E-state index in [1.165, 1.54) is 27.8 Å². The topological polar surface area (TPSA) is 12.0 Å². The Balaban J connectivity index is 2.58. The van der Waals surface area contributed by atoms with E-state index < -0.39 is 0 Å². The van der Waals surface area contributed by atoms with Gasteiger partial charge in [0.1, 0.15) is 0 Å². The van der Waals surface area contributed by atoms with Crippen LogP contribution in [0.25, 0.3) is 0 Å². The van der Waals surface area contributed by atoms with Gasteiger partial charge in [-0.25, -0.2) is 0 Å². The first kappa shape index (κ1) is 15.7. The van der Waals surface area contributed by atoms with E-state index in [2.05, 4.69) is 88.3 Å². The van der Waals surface area contributed by atoms with Crippen molar-refractivity contribution in [1.29, 1.82) is 0 Å². The van der Waals surface area contributed by atoms with E-state index in [0.717, 1.165) is 8.95 Å². The van der Waals surface area contributed by atoms with Gasteiger partial charge in [0.05, 0.1) is 6.04 Å². The highest BCUT2D eigenvalue weighted by Crippen LogP contribution is 2.32. The van der Waals surface area contributed by atoms with Gasteiger partial charge in [-0.1, -0.05) is 49.6 Å². The summed E-state index contributed by atoms with van der Waals surface area (Å²) in [5, 5.41) is 3.45. The van der Waals surface area contributed by atoms with Gasteiger partial charge in [-0.3, -0.25) is 0 Å². The zero-order valence-corrected chi connectivity index (χ0v) is 15.4. The van der Waals surface area contributed by atoms with Gasteiger partial charge in [-0.2, -0.15) is 0 Å². The number of rotatable bonds is 3. The summed E-state index contributed by atoms with van der Waals surface area (Å²) < 4.78 is 2.18. The molecule has 2 aromatic carbocycles. The Labute approximate surface area is 138 Å². The number of nitrogens with one attached hydrogen (secondary N) is 1. The Morgan fingerprint density at radius 2 is 1.35 bits per heavy atom. The molecule has 0 saturated carbocycles. The molecule has 0 aromatic heterocycles. The van der Waals surface area contributed by atoms with Crippen LogP contribution < -0.4 is 5.32 Å². The quantitative estimate of drug-likeness (QED) is 0.727. The first-order chi connectivity index (χ1) is 9.42. The summed E-state index contributed by atoms with van der Waals surface area (Å²) in [7, 11) is 2.01. The fourth-order valence-electron chi connectivity index (χ4n) is 2.87. The van der Waals surface area contributed by atoms with Crippen molar-refractivity contribution in [3.05, 3.63) is 67.1 Å². The van der Waals surface area contributed by atoms with Crippen molar-refractivity contribution in [2.45, 2.75) is 26.8 Å². The molecule has 0 radical (unpaired) electrons. The van der Waals surface area contributed by atoms with Crippen LogP contribution in [0.5, 0.6) is 0 Å². The zero-order chi connectivity index (χ0) is 14.9. The maximum Gasteiger partial charge on any atom is 0.0580 e. The van der Waals surface area contributed by atoms with E-state index in [-0.39, 0.29) is 6.04 Å². The summed E-state index contributed by atoms with van der Waals surface area (Å²) in [6.45, 7) is 6.52. The summed E-state index contributed by atoms with van der Waals surface area (Å²) in [6.07, 6.45) is 0. The molecule has 0 aliphatic rings. The third-order valence-corrected chi connectivity index (χ3v) is 4.45. The Morgan fingerprint density at radius 1 is 0.850 bits per heavy atom. The van der Waals surface area contributed by atoms with Crippen LogP contribution in [0.2, 0.25) is 0 Å². The normalized spacial score (nSPS) is 12.5. The fraction of sp³-hybridized carbons (Fsp3) is 0.294. The van der Waals surface area contributed by atoms with Crippen LogP contribution in [-0.4, -0.2) is 7.05 Å². The summed E-state index contributed by atoms with van der Waals surface area (Å²) in [6, 6.07) is 11.1. The Kier molecular flexibility index (Phi) is 5.05. The Hall–Kier alpha value is -0.640. The van der Waals surface area contributed by atoms with Gasteiger partial charge in [-0.15, -0.1) is 0 Å². The fourth-order valence-corrected chi connectivity index (χ4v) is 4.20. The first-order valence-corrected chi connectivity index (χ1v) is 8.22. The number of hydrogen-bond acceptors (Lipinski definition) is 1. The van der Waals surface area contributed by atoms with E-state index in [0.29, 0.717) is 0 Å². The van der Waals surface area contributed by atoms with Gasteiger partial charge in [0.15, 0.2) is 0 Å². The van der Waals surface area contributed by atoms with Crippen molar-refractivity contribution in [3.8, 4) is 0 Å². The van der Waals surface area contributed by atoms with Crippen molar-refractivity contribution in [1.82, 2.24) is 5.32 Å². The van der Waals surface area contributed by atoms with Crippen molar-refractivity contribution in [2.75, 3.05) is 7.05 Å². The van der Waals surface area contributed by atoms with Crippen LogP contribution in [0.3, 0.4) is 0 Å². The Morgan fingerprint density at radius 3 is 1.80 bits per heavy atom. The SMILES string of the molecule is CNC(c1cc(Br)cc(Br)c1)c1c(C)cc(C)cc1C. The maximum atomic E-state index is 3.57. The van der Waals surface area contributed by atoms with Gasteiger partial charge in [0.2, 0.25) is 0 Å². The lowest BCUT2D eigenvalue weighted by molar-refractivity contribution is 0.682. The molecular formula is C17H19Br2N. The molecular weight excluding hydrogens is 378 g/mol. The van der Waals surface area contributed by atoms with Gasteiger partial charge < -0.3 is 5.32 Å². The highest BCUT2D eigenvalue weighted by molar-refractivity contribution is 9.11. The molecule has 2 aromatic rings. The van der Waals surface area contributed by atoms with Crippen molar-refractivity contribution >= 4 is 31.9 Å². The molecule has 0 saturated heterocycles. The van der Waals surface area contributed by atoms with Crippen LogP contribution in [0.15, 0.2) is 39.3 Å². The molecule has 106 valence electrons. The van der Waals surface area contributed by atoms with Crippen LogP contribution in [-0.2, 0) is 0 Å². The molecule has 1 unspecified atom stereocenters. The molecule has 1 N–H and O–H groups in total. The monoisotopic (exact) mass is 395 g/mol. The van der Waals surface area contributed by atoms with E-state index in [1.54, 1.807) is 0 Å². The lowest BCUT2D eigenvalue weighted by Gasteiger charge is -2.23. The zero-order valence-electron chi connectivity index (χ0n) is 12.2. The number of hydrogen-bond donors (Lipinski definition) is 1. The minimum absolute atomic E-state index is 0.199. The molecule has 0 spiro atoms. The number of halogens is 2. The molecule has 1 nitrogen and oxygen atoms in total. The second-order valence-corrected chi connectivity index (χ2v) is 7.07. The van der Waals surface area contributed by atoms with Gasteiger partial charge in [-0.05, 0) is 68.3 Å². The standard InChI is InChI=1S/C17H19Br2N/c1-10-5-11(2)16(12(3)6-10)17(20-4)13-7-14(18)9-15(19)8-13/h5-9,17,20H,1-4H3. The number of benzene rings is 2. The minimum atomic E-state index is 0.199. The van der Waals surface area contributed by atoms with Crippen LogP contribution in [0, 0.1) is 20.8 Å². The third-order valence-electron chi connectivity index (χ3n) is 3.53. The number of aryl methyl sites for hydroxylation is 3. The smallest absolute Gasteiger partial charge is 0.0580 e. The first-order valence-electron chi connectivity index (χ1n) is 6.63. The van der Waals surface area contributed by atoms with Crippen LogP contribution in [0.1, 0.15) is 33.9 Å². The maximum absolute atomic E-state index is 3.57. The second kappa shape index (κ2) is 6.42. The van der Waals surface area contributed by atoms with Gasteiger partial charge >= 0.3 is 0 Å². The van der Waals surface area contributed by atoms with Crippen molar-refractivity contribution in [3.63, 3.8) is 0 Å². The average Bonchev–Trinajstić information content (AvgIpc) is 2.32. The molecule has 0 heterocycles. The summed E-state index contributed by atoms with van der Waals surface area (Å²) in [5.74, 6) is 0. The van der Waals surface area contributed by atoms with Crippen LogP contribution in [0.4, 0.5) is 0 Å². The van der Waals surface area contributed by atoms with Gasteiger partial charge in [0.25, 0.3) is 0 Å². The molecule has 0 amide bonds. The molecule has 20 heavy (non-hydrogen) atoms. The lowest BCUT2D eigenvalue weighted by atomic mass is 9.90. The second-order valence-electron chi connectivity index (χ2n) is 5.24. The van der Waals surface area contributed by atoms with Crippen molar-refractivity contribution in [2.24, 2.45) is 0 Å². The van der Waals surface area contributed by atoms with E-state index in [1.807, 2.05) is 7.05 Å². The Bertz CT molecular complexity index is 592. The predicted molar refractivity (Wildman–Crippen MR) is 93.4 cm³/mol. The molecule has 3 heteroatoms. The average molecular weight is 397 g/mol. The molecule has 0 bridgehead atoms. The third kappa shape index (κ3) is 3.33. The minimum Gasteiger partial charge on any atom is -0.309 e. The highest BCUT2D eigenvalue weighted by atomic mass is 79.9. The van der Waals surface area contributed by atoms with E-state index in [4.69, 9.17) is 0 Å². The molecule has 0 fully saturated rings.